The maximum Gasteiger partial charge on any atom is 0.242 e. The van der Waals surface area contributed by atoms with Crippen molar-refractivity contribution in [1.82, 2.24) is 9.71 Å². The van der Waals surface area contributed by atoms with Crippen LogP contribution in [0.1, 0.15) is 5.56 Å². The summed E-state index contributed by atoms with van der Waals surface area (Å²) in [5.41, 5.74) is 0.854. The summed E-state index contributed by atoms with van der Waals surface area (Å²) in [6.07, 6.45) is 3.46. The van der Waals surface area contributed by atoms with Crippen LogP contribution >= 0.6 is 27.5 Å². The first-order valence-corrected chi connectivity index (χ1v) is 7.71. The van der Waals surface area contributed by atoms with Crippen LogP contribution in [0.2, 0.25) is 5.02 Å². The van der Waals surface area contributed by atoms with Gasteiger partial charge in [0.05, 0.1) is 5.02 Å². The van der Waals surface area contributed by atoms with Gasteiger partial charge in [-0.05, 0) is 29.8 Å². The van der Waals surface area contributed by atoms with Crippen molar-refractivity contribution in [2.24, 2.45) is 0 Å². The first-order chi connectivity index (χ1) is 8.49. The van der Waals surface area contributed by atoms with Gasteiger partial charge in [0.2, 0.25) is 10.0 Å². The summed E-state index contributed by atoms with van der Waals surface area (Å²) in [5, 5.41) is 0.186. The SMILES string of the molecule is O=S(=O)(NCc1cc[nH]c1)c1ccc(Br)cc1Cl. The molecular weight excluding hydrogens is 340 g/mol. The Bertz CT molecular complexity index is 641. The number of aromatic nitrogens is 1. The first kappa shape index (κ1) is 13.6. The van der Waals surface area contributed by atoms with Crippen molar-refractivity contribution in [3.63, 3.8) is 0 Å². The Kier molecular flexibility index (Phi) is 4.11. The lowest BCUT2D eigenvalue weighted by atomic mass is 10.4. The number of benzene rings is 1. The molecule has 1 aromatic carbocycles. The molecule has 4 nitrogen and oxygen atoms in total. The first-order valence-electron chi connectivity index (χ1n) is 5.05. The van der Waals surface area contributed by atoms with Crippen LogP contribution in [0.5, 0.6) is 0 Å². The van der Waals surface area contributed by atoms with E-state index in [0.29, 0.717) is 0 Å². The Balaban J connectivity index is 2.20. The van der Waals surface area contributed by atoms with Crippen molar-refractivity contribution >= 4 is 37.6 Å². The number of hydrogen-bond acceptors (Lipinski definition) is 2. The summed E-state index contributed by atoms with van der Waals surface area (Å²) >= 11 is 9.15. The number of H-pyrrole nitrogens is 1. The summed E-state index contributed by atoms with van der Waals surface area (Å²) in [4.78, 5) is 2.93. The summed E-state index contributed by atoms with van der Waals surface area (Å²) in [7, 11) is -3.60. The second kappa shape index (κ2) is 5.44. The second-order valence-corrected chi connectivity index (χ2v) is 6.68. The average molecular weight is 350 g/mol. The van der Waals surface area contributed by atoms with Crippen molar-refractivity contribution in [1.29, 1.82) is 0 Å². The zero-order valence-electron chi connectivity index (χ0n) is 9.15. The highest BCUT2D eigenvalue weighted by molar-refractivity contribution is 9.10. The fraction of sp³-hybridized carbons (Fsp3) is 0.0909. The quantitative estimate of drug-likeness (QED) is 0.891. The molecule has 1 aromatic heterocycles. The molecule has 96 valence electrons. The van der Waals surface area contributed by atoms with Crippen LogP contribution in [0, 0.1) is 0 Å². The van der Waals surface area contributed by atoms with Gasteiger partial charge in [0, 0.05) is 23.4 Å². The molecule has 2 aromatic rings. The van der Waals surface area contributed by atoms with Crippen LogP contribution < -0.4 is 4.72 Å². The van der Waals surface area contributed by atoms with Crippen LogP contribution in [-0.2, 0) is 16.6 Å². The third kappa shape index (κ3) is 3.14. The Labute approximate surface area is 119 Å². The third-order valence-corrected chi connectivity index (χ3v) is 4.69. The molecule has 7 heteroatoms. The van der Waals surface area contributed by atoms with Gasteiger partial charge in [-0.15, -0.1) is 0 Å². The average Bonchev–Trinajstić information content (AvgIpc) is 2.78. The van der Waals surface area contributed by atoms with Crippen LogP contribution in [0.25, 0.3) is 0 Å². The molecule has 0 aliphatic carbocycles. The third-order valence-electron chi connectivity index (χ3n) is 2.31. The lowest BCUT2D eigenvalue weighted by Crippen LogP contribution is -2.23. The van der Waals surface area contributed by atoms with Gasteiger partial charge in [0.25, 0.3) is 0 Å². The summed E-state index contributed by atoms with van der Waals surface area (Å²) in [6.45, 7) is 0.220. The van der Waals surface area contributed by atoms with Crippen molar-refractivity contribution in [3.05, 3.63) is 51.7 Å². The van der Waals surface area contributed by atoms with Gasteiger partial charge in [-0.25, -0.2) is 13.1 Å². The van der Waals surface area contributed by atoms with Gasteiger partial charge in [0.1, 0.15) is 4.90 Å². The summed E-state index contributed by atoms with van der Waals surface area (Å²) < 4.78 is 27.3. The van der Waals surface area contributed by atoms with Crippen molar-refractivity contribution in [3.8, 4) is 0 Å². The zero-order valence-corrected chi connectivity index (χ0v) is 12.3. The minimum atomic E-state index is -3.60. The van der Waals surface area contributed by atoms with E-state index < -0.39 is 10.0 Å². The largest absolute Gasteiger partial charge is 0.367 e. The Morgan fingerprint density at radius 1 is 1.33 bits per heavy atom. The summed E-state index contributed by atoms with van der Waals surface area (Å²) in [6, 6.07) is 6.45. The Morgan fingerprint density at radius 3 is 2.72 bits per heavy atom. The van der Waals surface area contributed by atoms with Crippen molar-refractivity contribution < 1.29 is 8.42 Å². The van der Waals surface area contributed by atoms with Crippen molar-refractivity contribution in [2.75, 3.05) is 0 Å². The fourth-order valence-corrected chi connectivity index (χ4v) is 3.47. The zero-order chi connectivity index (χ0) is 13.2. The molecule has 0 unspecified atom stereocenters. The molecular formula is C11H10BrClN2O2S. The molecule has 0 bridgehead atoms. The topological polar surface area (TPSA) is 62.0 Å². The minimum Gasteiger partial charge on any atom is -0.367 e. The standard InChI is InChI=1S/C11H10BrClN2O2S/c12-9-1-2-11(10(13)5-9)18(16,17)15-7-8-3-4-14-6-8/h1-6,14-15H,7H2. The number of halogens is 2. The maximum absolute atomic E-state index is 12.0. The van der Waals surface area contributed by atoms with Gasteiger partial charge < -0.3 is 4.98 Å². The van der Waals surface area contributed by atoms with E-state index >= 15 is 0 Å². The highest BCUT2D eigenvalue weighted by atomic mass is 79.9. The lowest BCUT2D eigenvalue weighted by Gasteiger charge is -2.07. The molecule has 0 aliphatic rings. The molecule has 18 heavy (non-hydrogen) atoms. The highest BCUT2D eigenvalue weighted by Gasteiger charge is 2.17. The molecule has 0 saturated carbocycles. The molecule has 0 amide bonds. The Hall–Kier alpha value is -0.820. The molecule has 2 N–H and O–H groups in total. The molecule has 0 saturated heterocycles. The van der Waals surface area contributed by atoms with Crippen LogP contribution in [0.15, 0.2) is 46.0 Å². The molecule has 2 rings (SSSR count). The predicted molar refractivity (Wildman–Crippen MR) is 74.0 cm³/mol. The molecule has 0 atom stereocenters. The van der Waals surface area contributed by atoms with E-state index in [0.717, 1.165) is 10.0 Å². The van der Waals surface area contributed by atoms with Gasteiger partial charge >= 0.3 is 0 Å². The smallest absolute Gasteiger partial charge is 0.242 e. The molecule has 0 fully saturated rings. The monoisotopic (exact) mass is 348 g/mol. The number of nitrogens with one attached hydrogen (secondary N) is 2. The minimum absolute atomic E-state index is 0.0721. The van der Waals surface area contributed by atoms with Gasteiger partial charge in [-0.3, -0.25) is 0 Å². The second-order valence-electron chi connectivity index (χ2n) is 3.62. The number of aromatic amines is 1. The van der Waals surface area contributed by atoms with Crippen LogP contribution in [0.3, 0.4) is 0 Å². The van der Waals surface area contributed by atoms with E-state index in [9.17, 15) is 8.42 Å². The van der Waals surface area contributed by atoms with Gasteiger partial charge in [-0.2, -0.15) is 0 Å². The predicted octanol–water partition coefficient (Wildman–Crippen LogP) is 2.91. The van der Waals surface area contributed by atoms with Crippen LogP contribution in [0.4, 0.5) is 0 Å². The Morgan fingerprint density at radius 2 is 2.11 bits per heavy atom. The summed E-state index contributed by atoms with van der Waals surface area (Å²) in [5.74, 6) is 0. The van der Waals surface area contributed by atoms with Gasteiger partial charge in [-0.1, -0.05) is 27.5 Å². The molecule has 0 aliphatic heterocycles. The fourth-order valence-electron chi connectivity index (χ4n) is 1.42. The molecule has 0 spiro atoms. The maximum atomic E-state index is 12.0. The lowest BCUT2D eigenvalue weighted by molar-refractivity contribution is 0.581. The van der Waals surface area contributed by atoms with E-state index in [-0.39, 0.29) is 16.5 Å². The number of rotatable bonds is 4. The van der Waals surface area contributed by atoms with E-state index in [4.69, 9.17) is 11.6 Å². The van der Waals surface area contributed by atoms with E-state index in [1.807, 2.05) is 0 Å². The van der Waals surface area contributed by atoms with E-state index in [2.05, 4.69) is 25.6 Å². The molecule has 1 heterocycles. The van der Waals surface area contributed by atoms with Gasteiger partial charge in [0.15, 0.2) is 0 Å². The number of hydrogen-bond donors (Lipinski definition) is 2. The van der Waals surface area contributed by atoms with Crippen LogP contribution in [-0.4, -0.2) is 13.4 Å². The normalized spacial score (nSPS) is 11.7. The van der Waals surface area contributed by atoms with Crippen molar-refractivity contribution in [2.45, 2.75) is 11.4 Å². The van der Waals surface area contributed by atoms with E-state index in [1.165, 1.54) is 6.07 Å². The highest BCUT2D eigenvalue weighted by Crippen LogP contribution is 2.25. The molecule has 0 radical (unpaired) electrons. The van der Waals surface area contributed by atoms with E-state index in [1.54, 1.807) is 30.6 Å². The number of sulfonamides is 1.